The predicted octanol–water partition coefficient (Wildman–Crippen LogP) is 17.8. The lowest BCUT2D eigenvalue weighted by molar-refractivity contribution is 1.30. The summed E-state index contributed by atoms with van der Waals surface area (Å²) in [4.78, 5) is 2.44. The summed E-state index contributed by atoms with van der Waals surface area (Å²) in [6, 6.07) is 79.5. The highest BCUT2D eigenvalue weighted by atomic mass is 32.1. The first-order valence-electron chi connectivity index (χ1n) is 21.0. The summed E-state index contributed by atoms with van der Waals surface area (Å²) in [6.45, 7) is 0. The van der Waals surface area contributed by atoms with Gasteiger partial charge in [0.05, 0.1) is 16.1 Å². The van der Waals surface area contributed by atoms with Crippen LogP contribution in [0.1, 0.15) is 0 Å². The summed E-state index contributed by atoms with van der Waals surface area (Å²) in [6.07, 6.45) is 0. The van der Waals surface area contributed by atoms with Crippen molar-refractivity contribution in [1.82, 2.24) is 0 Å². The maximum Gasteiger partial charge on any atom is 0.0640 e. The molecular weight excluding hydrogens is 789 g/mol. The third kappa shape index (κ3) is 6.31. The summed E-state index contributed by atoms with van der Waals surface area (Å²) in [5.41, 5.74) is 12.6. The number of nitrogens with zero attached hydrogens (tertiary/aromatic N) is 1. The fraction of sp³-hybridized carbons (Fsp3) is 0. The minimum Gasteiger partial charge on any atom is -0.355 e. The normalized spacial score (nSPS) is 11.5. The highest BCUT2D eigenvalue weighted by Crippen LogP contribution is 2.48. The van der Waals surface area contributed by atoms with Crippen molar-refractivity contribution in [1.29, 1.82) is 0 Å². The van der Waals surface area contributed by atoms with Crippen molar-refractivity contribution in [2.24, 2.45) is 0 Å². The molecule has 0 radical (unpaired) electrons. The molecule has 0 unspecified atom stereocenters. The molecule has 0 amide bonds. The summed E-state index contributed by atoms with van der Waals surface area (Å²) in [5.74, 6) is 0. The van der Waals surface area contributed by atoms with Crippen molar-refractivity contribution in [3.05, 3.63) is 224 Å². The van der Waals surface area contributed by atoms with E-state index in [4.69, 9.17) is 0 Å². The van der Waals surface area contributed by atoms with Crippen LogP contribution in [0.15, 0.2) is 224 Å². The Morgan fingerprint density at radius 1 is 0.371 bits per heavy atom. The molecule has 1 N–H and O–H groups in total. The van der Waals surface area contributed by atoms with E-state index in [0.717, 1.165) is 39.6 Å². The lowest BCUT2D eigenvalue weighted by Crippen LogP contribution is -2.10. The zero-order chi connectivity index (χ0) is 41.0. The van der Waals surface area contributed by atoms with E-state index < -0.39 is 0 Å². The quantitative estimate of drug-likeness (QED) is 0.164. The molecule has 0 aliphatic heterocycles. The molecule has 0 fully saturated rings. The van der Waals surface area contributed by atoms with Crippen LogP contribution in [0.2, 0.25) is 0 Å². The van der Waals surface area contributed by atoms with Gasteiger partial charge < -0.3 is 10.2 Å². The smallest absolute Gasteiger partial charge is 0.0640 e. The Bertz CT molecular complexity index is 3600. The molecular formula is C58H38N2S2. The number of rotatable bonds is 8. The number of nitrogens with one attached hydrogen (secondary N) is 1. The molecule has 2 aromatic heterocycles. The molecule has 2 nitrogen and oxygen atoms in total. The average Bonchev–Trinajstić information content (AvgIpc) is 3.95. The molecule has 12 aromatic rings. The lowest BCUT2D eigenvalue weighted by Gasteiger charge is -2.27. The molecule has 0 saturated carbocycles. The summed E-state index contributed by atoms with van der Waals surface area (Å²) >= 11 is 3.69. The SMILES string of the molecule is c1ccc(Nc2c(-c3ccc(N(c4ccc(-c5ccc6ccccc6c5)cc4)c4cccc5c4sc4c6ccccc6ccc54)cc3)cccc2-c2csc3ccccc23)cc1. The third-order valence-electron chi connectivity index (χ3n) is 12.1. The van der Waals surface area contributed by atoms with E-state index in [-0.39, 0.29) is 0 Å². The predicted molar refractivity (Wildman–Crippen MR) is 270 cm³/mol. The molecule has 12 rings (SSSR count). The number of anilines is 5. The number of thiophene rings is 2. The summed E-state index contributed by atoms with van der Waals surface area (Å²) in [5, 5.41) is 15.0. The number of hydrogen-bond donors (Lipinski definition) is 1. The number of para-hydroxylation sites is 2. The molecule has 0 bridgehead atoms. The van der Waals surface area contributed by atoms with Crippen molar-refractivity contribution in [3.63, 3.8) is 0 Å². The zero-order valence-corrected chi connectivity index (χ0v) is 35.3. The van der Waals surface area contributed by atoms with Gasteiger partial charge in [-0.1, -0.05) is 164 Å². The van der Waals surface area contributed by atoms with Crippen LogP contribution < -0.4 is 10.2 Å². The van der Waals surface area contributed by atoms with Gasteiger partial charge in [-0.3, -0.25) is 0 Å². The topological polar surface area (TPSA) is 15.3 Å². The molecule has 2 heterocycles. The van der Waals surface area contributed by atoms with E-state index in [2.05, 4.69) is 234 Å². The van der Waals surface area contributed by atoms with Crippen LogP contribution in [0.25, 0.3) is 85.2 Å². The van der Waals surface area contributed by atoms with Crippen molar-refractivity contribution in [2.75, 3.05) is 10.2 Å². The first kappa shape index (κ1) is 36.4. The van der Waals surface area contributed by atoms with Gasteiger partial charge in [0.25, 0.3) is 0 Å². The van der Waals surface area contributed by atoms with Crippen molar-refractivity contribution >= 4 is 103 Å². The molecule has 62 heavy (non-hydrogen) atoms. The van der Waals surface area contributed by atoms with Gasteiger partial charge in [-0.2, -0.15) is 0 Å². The van der Waals surface area contributed by atoms with Gasteiger partial charge in [0.2, 0.25) is 0 Å². The molecule has 0 aliphatic rings. The molecule has 0 atom stereocenters. The first-order valence-corrected chi connectivity index (χ1v) is 22.7. The van der Waals surface area contributed by atoms with Crippen molar-refractivity contribution in [2.45, 2.75) is 0 Å². The second-order valence-electron chi connectivity index (χ2n) is 15.8. The molecule has 10 aromatic carbocycles. The second kappa shape index (κ2) is 15.2. The Labute approximate surface area is 368 Å². The molecule has 0 spiro atoms. The molecule has 0 aliphatic carbocycles. The number of hydrogen-bond acceptors (Lipinski definition) is 4. The molecule has 4 heteroatoms. The Kier molecular flexibility index (Phi) is 8.91. The number of benzene rings is 10. The largest absolute Gasteiger partial charge is 0.355 e. The van der Waals surface area contributed by atoms with Gasteiger partial charge in [-0.15, -0.1) is 22.7 Å². The highest BCUT2D eigenvalue weighted by Gasteiger charge is 2.21. The zero-order valence-electron chi connectivity index (χ0n) is 33.6. The minimum absolute atomic E-state index is 1.06. The monoisotopic (exact) mass is 826 g/mol. The Balaban J connectivity index is 1.01. The van der Waals surface area contributed by atoms with Crippen LogP contribution in [-0.2, 0) is 0 Å². The first-order chi connectivity index (χ1) is 30.7. The van der Waals surface area contributed by atoms with Crippen LogP contribution >= 0.6 is 22.7 Å². The molecule has 292 valence electrons. The van der Waals surface area contributed by atoms with Gasteiger partial charge in [-0.05, 0) is 98.2 Å². The van der Waals surface area contributed by atoms with Gasteiger partial charge in [0, 0.05) is 59.3 Å². The van der Waals surface area contributed by atoms with Crippen LogP contribution in [0.5, 0.6) is 0 Å². The summed E-state index contributed by atoms with van der Waals surface area (Å²) in [7, 11) is 0. The Morgan fingerprint density at radius 3 is 1.81 bits per heavy atom. The van der Waals surface area contributed by atoms with Crippen LogP contribution in [0.4, 0.5) is 28.4 Å². The van der Waals surface area contributed by atoms with E-state index >= 15 is 0 Å². The standard InChI is InChI=1S/C58H38N2S2/c1-2-15-44(16-3-1)59-56-47(19-10-20-50(56)53-37-61-55-23-9-8-18-49(53)55)41-28-33-46(34-29-41)60(45-31-26-39(27-32-45)43-25-24-38-12-4-5-14-42(38)36-43)54-22-11-21-51-52-35-30-40-13-6-7-17-48(40)57(52)62-58(51)54/h1-37,59H. The van der Waals surface area contributed by atoms with E-state index in [1.54, 1.807) is 11.3 Å². The van der Waals surface area contributed by atoms with Gasteiger partial charge in [0.15, 0.2) is 0 Å². The van der Waals surface area contributed by atoms with E-state index in [1.165, 1.54) is 74.1 Å². The van der Waals surface area contributed by atoms with Crippen molar-refractivity contribution in [3.8, 4) is 33.4 Å². The fourth-order valence-corrected chi connectivity index (χ4v) is 11.4. The van der Waals surface area contributed by atoms with Gasteiger partial charge in [-0.25, -0.2) is 0 Å². The average molecular weight is 827 g/mol. The Morgan fingerprint density at radius 2 is 0.984 bits per heavy atom. The maximum atomic E-state index is 3.85. The van der Waals surface area contributed by atoms with Crippen molar-refractivity contribution < 1.29 is 0 Å². The van der Waals surface area contributed by atoms with E-state index in [9.17, 15) is 0 Å². The fourth-order valence-electron chi connectivity index (χ4n) is 9.08. The van der Waals surface area contributed by atoms with Gasteiger partial charge in [0.1, 0.15) is 0 Å². The summed E-state index contributed by atoms with van der Waals surface area (Å²) < 4.78 is 3.88. The van der Waals surface area contributed by atoms with E-state index in [1.807, 2.05) is 11.3 Å². The second-order valence-corrected chi connectivity index (χ2v) is 17.7. The Hall–Kier alpha value is -7.50. The van der Waals surface area contributed by atoms with Crippen LogP contribution in [-0.4, -0.2) is 0 Å². The van der Waals surface area contributed by atoms with Crippen LogP contribution in [0.3, 0.4) is 0 Å². The minimum atomic E-state index is 1.06. The van der Waals surface area contributed by atoms with Gasteiger partial charge >= 0.3 is 0 Å². The molecule has 0 saturated heterocycles. The van der Waals surface area contributed by atoms with Crippen LogP contribution in [0, 0.1) is 0 Å². The third-order valence-corrected chi connectivity index (χ3v) is 14.4. The maximum absolute atomic E-state index is 3.85. The number of fused-ring (bicyclic) bond motifs is 7. The highest BCUT2D eigenvalue weighted by molar-refractivity contribution is 7.27. The van der Waals surface area contributed by atoms with E-state index in [0.29, 0.717) is 0 Å². The lowest BCUT2D eigenvalue weighted by atomic mass is 9.95.